The topological polar surface area (TPSA) is 49.4 Å². The standard InChI is InChI=1S/C16H20N2O2/c1-10(17)6-13-7-11(2)18(12(13)3)14-4-5-15-16(8-14)20-9-19-15/h4-5,7-8,10H,6,9,17H2,1-3H3. The van der Waals surface area contributed by atoms with Crippen LogP contribution in [0.1, 0.15) is 23.9 Å². The van der Waals surface area contributed by atoms with Gasteiger partial charge in [-0.1, -0.05) is 0 Å². The van der Waals surface area contributed by atoms with Gasteiger partial charge in [0, 0.05) is 29.2 Å². The molecule has 106 valence electrons. The van der Waals surface area contributed by atoms with E-state index in [0.29, 0.717) is 6.79 Å². The van der Waals surface area contributed by atoms with E-state index in [1.165, 1.54) is 17.0 Å². The summed E-state index contributed by atoms with van der Waals surface area (Å²) >= 11 is 0. The van der Waals surface area contributed by atoms with Crippen molar-refractivity contribution in [2.24, 2.45) is 5.73 Å². The lowest BCUT2D eigenvalue weighted by Crippen LogP contribution is -2.18. The Morgan fingerprint density at radius 2 is 1.95 bits per heavy atom. The van der Waals surface area contributed by atoms with Gasteiger partial charge in [-0.25, -0.2) is 0 Å². The monoisotopic (exact) mass is 272 g/mol. The van der Waals surface area contributed by atoms with Crippen LogP contribution in [0.4, 0.5) is 0 Å². The largest absolute Gasteiger partial charge is 0.454 e. The van der Waals surface area contributed by atoms with E-state index in [9.17, 15) is 0 Å². The number of benzene rings is 1. The molecule has 0 radical (unpaired) electrons. The Balaban J connectivity index is 2.04. The van der Waals surface area contributed by atoms with Crippen LogP contribution in [0.2, 0.25) is 0 Å². The summed E-state index contributed by atoms with van der Waals surface area (Å²) in [6, 6.07) is 8.42. The molecular weight excluding hydrogens is 252 g/mol. The highest BCUT2D eigenvalue weighted by molar-refractivity contribution is 5.52. The number of nitrogens with two attached hydrogens (primary N) is 1. The maximum atomic E-state index is 5.92. The number of hydrogen-bond donors (Lipinski definition) is 1. The fraction of sp³-hybridized carbons (Fsp3) is 0.375. The van der Waals surface area contributed by atoms with Gasteiger partial charge >= 0.3 is 0 Å². The molecule has 0 saturated carbocycles. The van der Waals surface area contributed by atoms with Gasteiger partial charge in [0.1, 0.15) is 0 Å². The van der Waals surface area contributed by atoms with Crippen LogP contribution in [0.15, 0.2) is 24.3 Å². The molecule has 1 aliphatic rings. The van der Waals surface area contributed by atoms with Crippen LogP contribution in [0.5, 0.6) is 11.5 Å². The van der Waals surface area contributed by atoms with E-state index in [2.05, 4.69) is 30.5 Å². The van der Waals surface area contributed by atoms with Crippen molar-refractivity contribution in [3.63, 3.8) is 0 Å². The van der Waals surface area contributed by atoms with E-state index in [1.807, 2.05) is 19.1 Å². The van der Waals surface area contributed by atoms with Crippen LogP contribution in [-0.4, -0.2) is 17.4 Å². The van der Waals surface area contributed by atoms with E-state index >= 15 is 0 Å². The van der Waals surface area contributed by atoms with Crippen LogP contribution >= 0.6 is 0 Å². The Bertz CT molecular complexity index is 644. The molecule has 1 aromatic carbocycles. The minimum Gasteiger partial charge on any atom is -0.454 e. The molecule has 0 saturated heterocycles. The maximum absolute atomic E-state index is 5.92. The van der Waals surface area contributed by atoms with Gasteiger partial charge in [0.25, 0.3) is 0 Å². The smallest absolute Gasteiger partial charge is 0.231 e. The molecule has 0 aliphatic carbocycles. The highest BCUT2D eigenvalue weighted by Gasteiger charge is 2.17. The Morgan fingerprint density at radius 1 is 1.20 bits per heavy atom. The molecule has 0 amide bonds. The number of hydrogen-bond acceptors (Lipinski definition) is 3. The van der Waals surface area contributed by atoms with Gasteiger partial charge in [-0.05, 0) is 51.0 Å². The molecule has 0 bridgehead atoms. The third kappa shape index (κ3) is 2.16. The number of ether oxygens (including phenoxy) is 2. The third-order valence-electron chi connectivity index (χ3n) is 3.69. The van der Waals surface area contributed by atoms with Crippen molar-refractivity contribution in [1.29, 1.82) is 0 Å². The van der Waals surface area contributed by atoms with Gasteiger partial charge in [0.05, 0.1) is 0 Å². The number of aromatic nitrogens is 1. The maximum Gasteiger partial charge on any atom is 0.231 e. The number of rotatable bonds is 3. The highest BCUT2D eigenvalue weighted by atomic mass is 16.7. The number of nitrogens with zero attached hydrogens (tertiary/aromatic N) is 1. The summed E-state index contributed by atoms with van der Waals surface area (Å²) < 4.78 is 13.1. The molecule has 1 atom stereocenters. The summed E-state index contributed by atoms with van der Waals surface area (Å²) in [5, 5.41) is 0. The summed E-state index contributed by atoms with van der Waals surface area (Å²) in [7, 11) is 0. The lowest BCUT2D eigenvalue weighted by molar-refractivity contribution is 0.174. The third-order valence-corrected chi connectivity index (χ3v) is 3.69. The zero-order valence-corrected chi connectivity index (χ0v) is 12.1. The van der Waals surface area contributed by atoms with E-state index < -0.39 is 0 Å². The number of aryl methyl sites for hydroxylation is 1. The average molecular weight is 272 g/mol. The summed E-state index contributed by atoms with van der Waals surface area (Å²) in [5.74, 6) is 1.62. The first kappa shape index (κ1) is 13.1. The molecule has 1 aromatic heterocycles. The van der Waals surface area contributed by atoms with Gasteiger partial charge in [0.2, 0.25) is 6.79 Å². The van der Waals surface area contributed by atoms with E-state index in [0.717, 1.165) is 23.6 Å². The first-order valence-electron chi connectivity index (χ1n) is 6.89. The van der Waals surface area contributed by atoms with Gasteiger partial charge in [-0.3, -0.25) is 0 Å². The zero-order valence-electron chi connectivity index (χ0n) is 12.1. The minimum atomic E-state index is 0.167. The van der Waals surface area contributed by atoms with Gasteiger partial charge in [0.15, 0.2) is 11.5 Å². The molecule has 1 aliphatic heterocycles. The summed E-state index contributed by atoms with van der Waals surface area (Å²) in [6.07, 6.45) is 0.893. The highest BCUT2D eigenvalue weighted by Crippen LogP contribution is 2.34. The second-order valence-corrected chi connectivity index (χ2v) is 5.45. The second kappa shape index (κ2) is 4.87. The van der Waals surface area contributed by atoms with Crippen molar-refractivity contribution in [2.45, 2.75) is 33.2 Å². The Morgan fingerprint density at radius 3 is 2.70 bits per heavy atom. The molecule has 2 N–H and O–H groups in total. The molecule has 0 fully saturated rings. The Kier molecular flexibility index (Phi) is 3.18. The Hall–Kier alpha value is -1.94. The van der Waals surface area contributed by atoms with E-state index in [-0.39, 0.29) is 6.04 Å². The predicted molar refractivity (Wildman–Crippen MR) is 78.7 cm³/mol. The minimum absolute atomic E-state index is 0.167. The van der Waals surface area contributed by atoms with Crippen molar-refractivity contribution < 1.29 is 9.47 Å². The Labute approximate surface area is 119 Å². The van der Waals surface area contributed by atoms with Crippen molar-refractivity contribution in [2.75, 3.05) is 6.79 Å². The molecule has 4 heteroatoms. The van der Waals surface area contributed by atoms with Crippen molar-refractivity contribution in [3.05, 3.63) is 41.2 Å². The number of fused-ring (bicyclic) bond motifs is 1. The summed E-state index contributed by atoms with van der Waals surface area (Å²) in [5.41, 5.74) is 10.8. The van der Waals surface area contributed by atoms with Crippen LogP contribution in [-0.2, 0) is 6.42 Å². The van der Waals surface area contributed by atoms with Crippen molar-refractivity contribution in [3.8, 4) is 17.2 Å². The van der Waals surface area contributed by atoms with E-state index in [4.69, 9.17) is 15.2 Å². The molecule has 3 rings (SSSR count). The molecule has 1 unspecified atom stereocenters. The molecule has 20 heavy (non-hydrogen) atoms. The average Bonchev–Trinajstić information content (AvgIpc) is 2.94. The van der Waals surface area contributed by atoms with Gasteiger partial charge < -0.3 is 19.8 Å². The van der Waals surface area contributed by atoms with Crippen molar-refractivity contribution >= 4 is 0 Å². The van der Waals surface area contributed by atoms with Crippen LogP contribution in [0, 0.1) is 13.8 Å². The van der Waals surface area contributed by atoms with Crippen LogP contribution in [0.25, 0.3) is 5.69 Å². The molecule has 2 aromatic rings. The SMILES string of the molecule is Cc1cc(CC(C)N)c(C)n1-c1ccc2c(c1)OCO2. The predicted octanol–water partition coefficient (Wildman–Crippen LogP) is 2.71. The lowest BCUT2D eigenvalue weighted by atomic mass is 10.1. The normalized spacial score (nSPS) is 14.6. The zero-order chi connectivity index (χ0) is 14.3. The second-order valence-electron chi connectivity index (χ2n) is 5.45. The van der Waals surface area contributed by atoms with Gasteiger partial charge in [-0.15, -0.1) is 0 Å². The first-order valence-corrected chi connectivity index (χ1v) is 6.89. The molecule has 2 heterocycles. The molecular formula is C16H20N2O2. The quantitative estimate of drug-likeness (QED) is 0.934. The van der Waals surface area contributed by atoms with Crippen LogP contribution in [0.3, 0.4) is 0 Å². The van der Waals surface area contributed by atoms with Crippen LogP contribution < -0.4 is 15.2 Å². The fourth-order valence-corrected chi connectivity index (χ4v) is 2.80. The molecule has 0 spiro atoms. The van der Waals surface area contributed by atoms with E-state index in [1.54, 1.807) is 0 Å². The van der Waals surface area contributed by atoms with Gasteiger partial charge in [-0.2, -0.15) is 0 Å². The lowest BCUT2D eigenvalue weighted by Gasteiger charge is -2.11. The summed E-state index contributed by atoms with van der Waals surface area (Å²) in [4.78, 5) is 0. The molecule has 4 nitrogen and oxygen atoms in total. The summed E-state index contributed by atoms with van der Waals surface area (Å²) in [6.45, 7) is 6.59. The first-order chi connectivity index (χ1) is 9.56. The fourth-order valence-electron chi connectivity index (χ4n) is 2.80. The van der Waals surface area contributed by atoms with Crippen molar-refractivity contribution in [1.82, 2.24) is 4.57 Å².